The molecule has 1 aromatic heterocycles. The molecule has 90 valence electrons. The van der Waals surface area contributed by atoms with Gasteiger partial charge in [-0.05, 0) is 23.9 Å². The van der Waals surface area contributed by atoms with E-state index in [1.807, 2.05) is 0 Å². The molecule has 3 N–H and O–H groups in total. The van der Waals surface area contributed by atoms with Gasteiger partial charge in [0, 0.05) is 24.5 Å². The molecule has 1 aliphatic rings. The lowest BCUT2D eigenvalue weighted by Gasteiger charge is -2.31. The Morgan fingerprint density at radius 3 is 2.88 bits per heavy atom. The van der Waals surface area contributed by atoms with Crippen LogP contribution in [0.1, 0.15) is 16.5 Å². The maximum atomic E-state index is 5.84. The molecular formula is C11H19N3OS. The average molecular weight is 241 g/mol. The zero-order valence-electron chi connectivity index (χ0n) is 9.61. The first kappa shape index (κ1) is 12.0. The first-order chi connectivity index (χ1) is 7.81. The van der Waals surface area contributed by atoms with Crippen molar-refractivity contribution in [3.63, 3.8) is 0 Å². The van der Waals surface area contributed by atoms with Crippen LogP contribution in [-0.4, -0.2) is 37.9 Å². The Morgan fingerprint density at radius 1 is 1.56 bits per heavy atom. The average Bonchev–Trinajstić information content (AvgIpc) is 2.74. The largest absolute Gasteiger partial charge is 0.379 e. The van der Waals surface area contributed by atoms with E-state index in [1.165, 1.54) is 10.4 Å². The van der Waals surface area contributed by atoms with Gasteiger partial charge in [0.25, 0.3) is 0 Å². The zero-order chi connectivity index (χ0) is 11.4. The molecule has 0 radical (unpaired) electrons. The van der Waals surface area contributed by atoms with E-state index in [0.717, 1.165) is 26.3 Å². The second kappa shape index (κ2) is 5.75. The number of nitrogens with one attached hydrogen (secondary N) is 1. The highest BCUT2D eigenvalue weighted by Gasteiger charge is 2.18. The van der Waals surface area contributed by atoms with Crippen LogP contribution in [0.4, 0.5) is 0 Å². The highest BCUT2D eigenvalue weighted by Crippen LogP contribution is 2.23. The normalized spacial score (nSPS) is 19.9. The predicted molar refractivity (Wildman–Crippen MR) is 66.4 cm³/mol. The molecule has 5 heteroatoms. The lowest BCUT2D eigenvalue weighted by molar-refractivity contribution is 0.00429. The van der Waals surface area contributed by atoms with Crippen LogP contribution >= 0.6 is 11.3 Å². The molecule has 0 spiro atoms. The Kier molecular flexibility index (Phi) is 4.31. The minimum absolute atomic E-state index is 0.234. The summed E-state index contributed by atoms with van der Waals surface area (Å²) in [6.45, 7) is 6.22. The third kappa shape index (κ3) is 2.81. The van der Waals surface area contributed by atoms with Crippen molar-refractivity contribution in [3.8, 4) is 0 Å². The molecule has 1 aliphatic heterocycles. The van der Waals surface area contributed by atoms with E-state index in [4.69, 9.17) is 10.5 Å². The summed E-state index contributed by atoms with van der Waals surface area (Å²) in [5.74, 6) is 0. The van der Waals surface area contributed by atoms with Gasteiger partial charge in [-0.2, -0.15) is 0 Å². The number of hydrazine groups is 1. The summed E-state index contributed by atoms with van der Waals surface area (Å²) in [6.07, 6.45) is 0. The van der Waals surface area contributed by atoms with Gasteiger partial charge in [-0.3, -0.25) is 0 Å². The summed E-state index contributed by atoms with van der Waals surface area (Å²) in [5.41, 5.74) is 10.6. The molecule has 16 heavy (non-hydrogen) atoms. The standard InChI is InChI=1S/C11H19N3OS/c1-9-2-7-16-11(9)10(8-12)13-14-3-5-15-6-4-14/h2,7,10,13H,3-6,8,12H2,1H3. The Hall–Kier alpha value is -0.460. The van der Waals surface area contributed by atoms with Gasteiger partial charge >= 0.3 is 0 Å². The third-order valence-electron chi connectivity index (χ3n) is 2.80. The van der Waals surface area contributed by atoms with Crippen molar-refractivity contribution >= 4 is 11.3 Å². The van der Waals surface area contributed by atoms with Gasteiger partial charge in [0.2, 0.25) is 0 Å². The maximum absolute atomic E-state index is 5.84. The fourth-order valence-corrected chi connectivity index (χ4v) is 2.86. The van der Waals surface area contributed by atoms with E-state index in [0.29, 0.717) is 6.54 Å². The highest BCUT2D eigenvalue weighted by atomic mass is 32.1. The summed E-state index contributed by atoms with van der Waals surface area (Å²) in [7, 11) is 0. The van der Waals surface area contributed by atoms with Crippen LogP contribution in [-0.2, 0) is 4.74 Å². The number of thiophene rings is 1. The molecule has 1 fully saturated rings. The van der Waals surface area contributed by atoms with Gasteiger partial charge in [0.05, 0.1) is 19.3 Å². The smallest absolute Gasteiger partial charge is 0.0682 e. The summed E-state index contributed by atoms with van der Waals surface area (Å²) in [5, 5.41) is 4.33. The van der Waals surface area contributed by atoms with Gasteiger partial charge < -0.3 is 10.5 Å². The molecule has 0 aliphatic carbocycles. The second-order valence-electron chi connectivity index (χ2n) is 3.98. The Morgan fingerprint density at radius 2 is 2.31 bits per heavy atom. The number of hydrogen-bond donors (Lipinski definition) is 2. The van der Waals surface area contributed by atoms with Crippen molar-refractivity contribution in [2.24, 2.45) is 5.73 Å². The number of hydrogen-bond acceptors (Lipinski definition) is 5. The minimum Gasteiger partial charge on any atom is -0.379 e. The first-order valence-electron chi connectivity index (χ1n) is 5.64. The highest BCUT2D eigenvalue weighted by molar-refractivity contribution is 7.10. The molecule has 0 bridgehead atoms. The van der Waals surface area contributed by atoms with Crippen LogP contribution in [0.5, 0.6) is 0 Å². The number of rotatable bonds is 4. The number of aryl methyl sites for hydroxylation is 1. The van der Waals surface area contributed by atoms with Crippen molar-refractivity contribution in [1.29, 1.82) is 0 Å². The number of nitrogens with zero attached hydrogens (tertiary/aromatic N) is 1. The van der Waals surface area contributed by atoms with E-state index >= 15 is 0 Å². The quantitative estimate of drug-likeness (QED) is 0.822. The number of nitrogens with two attached hydrogens (primary N) is 1. The van der Waals surface area contributed by atoms with E-state index in [9.17, 15) is 0 Å². The molecule has 1 atom stereocenters. The fourth-order valence-electron chi connectivity index (χ4n) is 1.87. The molecule has 1 saturated heterocycles. The summed E-state index contributed by atoms with van der Waals surface area (Å²) >= 11 is 1.77. The maximum Gasteiger partial charge on any atom is 0.0682 e. The van der Waals surface area contributed by atoms with E-state index in [-0.39, 0.29) is 6.04 Å². The Labute approximate surface area is 100 Å². The first-order valence-corrected chi connectivity index (χ1v) is 6.52. The van der Waals surface area contributed by atoms with Crippen LogP contribution in [0.15, 0.2) is 11.4 Å². The molecule has 0 saturated carbocycles. The lowest BCUT2D eigenvalue weighted by atomic mass is 10.2. The summed E-state index contributed by atoms with van der Waals surface area (Å²) in [6, 6.07) is 2.38. The SMILES string of the molecule is Cc1ccsc1C(CN)NN1CCOCC1. The van der Waals surface area contributed by atoms with Crippen LogP contribution < -0.4 is 11.2 Å². The molecule has 2 rings (SSSR count). The van der Waals surface area contributed by atoms with Crippen molar-refractivity contribution in [3.05, 3.63) is 21.9 Å². The van der Waals surface area contributed by atoms with Crippen molar-refractivity contribution in [2.45, 2.75) is 13.0 Å². The second-order valence-corrected chi connectivity index (χ2v) is 4.93. The van der Waals surface area contributed by atoms with Crippen LogP contribution in [0.25, 0.3) is 0 Å². The van der Waals surface area contributed by atoms with Gasteiger partial charge in [-0.15, -0.1) is 11.3 Å². The predicted octanol–water partition coefficient (Wildman–Crippen LogP) is 0.893. The molecular weight excluding hydrogens is 222 g/mol. The molecule has 4 nitrogen and oxygen atoms in total. The van der Waals surface area contributed by atoms with Crippen LogP contribution in [0.3, 0.4) is 0 Å². The van der Waals surface area contributed by atoms with Gasteiger partial charge in [0.1, 0.15) is 0 Å². The van der Waals surface area contributed by atoms with Crippen LogP contribution in [0.2, 0.25) is 0 Å². The van der Waals surface area contributed by atoms with Gasteiger partial charge in [-0.1, -0.05) is 0 Å². The third-order valence-corrected chi connectivity index (χ3v) is 3.94. The molecule has 2 heterocycles. The fraction of sp³-hybridized carbons (Fsp3) is 0.636. The van der Waals surface area contributed by atoms with Crippen molar-refractivity contribution in [2.75, 3.05) is 32.8 Å². The molecule has 1 aromatic rings. The summed E-state index contributed by atoms with van der Waals surface area (Å²) < 4.78 is 5.32. The topological polar surface area (TPSA) is 50.5 Å². The Balaban J connectivity index is 1.97. The van der Waals surface area contributed by atoms with Crippen molar-refractivity contribution in [1.82, 2.24) is 10.4 Å². The summed E-state index contributed by atoms with van der Waals surface area (Å²) in [4.78, 5) is 1.34. The minimum atomic E-state index is 0.234. The number of morpholine rings is 1. The molecule has 0 aromatic carbocycles. The Bertz CT molecular complexity index is 323. The van der Waals surface area contributed by atoms with Gasteiger partial charge in [0.15, 0.2) is 0 Å². The van der Waals surface area contributed by atoms with E-state index < -0.39 is 0 Å². The van der Waals surface area contributed by atoms with Crippen molar-refractivity contribution < 1.29 is 4.74 Å². The number of ether oxygens (including phenoxy) is 1. The van der Waals surface area contributed by atoms with Crippen LogP contribution in [0, 0.1) is 6.92 Å². The monoisotopic (exact) mass is 241 g/mol. The zero-order valence-corrected chi connectivity index (χ0v) is 10.4. The molecule has 1 unspecified atom stereocenters. The van der Waals surface area contributed by atoms with E-state index in [2.05, 4.69) is 28.8 Å². The molecule has 0 amide bonds. The van der Waals surface area contributed by atoms with E-state index in [1.54, 1.807) is 11.3 Å². The lowest BCUT2D eigenvalue weighted by Crippen LogP contribution is -2.48. The van der Waals surface area contributed by atoms with Gasteiger partial charge in [-0.25, -0.2) is 10.4 Å².